The highest BCUT2D eigenvalue weighted by Crippen LogP contribution is 2.26. The molecule has 0 saturated carbocycles. The largest absolute Gasteiger partial charge is 0.497 e. The van der Waals surface area contributed by atoms with Crippen LogP contribution in [0.4, 0.5) is 5.69 Å². The van der Waals surface area contributed by atoms with Crippen molar-refractivity contribution in [1.29, 1.82) is 0 Å². The Morgan fingerprint density at radius 1 is 1.52 bits per heavy atom. The third kappa shape index (κ3) is 4.19. The summed E-state index contributed by atoms with van der Waals surface area (Å²) in [7, 11) is 1.60. The second-order valence-corrected chi connectivity index (χ2v) is 6.06. The summed E-state index contributed by atoms with van der Waals surface area (Å²) in [5.41, 5.74) is -0.0643. The number of methoxy groups -OCH3 is 1. The molecule has 2 N–H and O–H groups in total. The summed E-state index contributed by atoms with van der Waals surface area (Å²) in [5, 5.41) is 13.0. The molecule has 1 aliphatic rings. The normalized spacial score (nSPS) is 19.5. The molecule has 116 valence electrons. The van der Waals surface area contributed by atoms with Crippen molar-refractivity contribution in [3.63, 3.8) is 0 Å². The van der Waals surface area contributed by atoms with Gasteiger partial charge in [0.15, 0.2) is 0 Å². The maximum absolute atomic E-state index is 12.2. The number of hydrogen-bond donors (Lipinski definition) is 2. The Morgan fingerprint density at radius 2 is 2.29 bits per heavy atom. The maximum Gasteiger partial charge on any atom is 0.238 e. The van der Waals surface area contributed by atoms with Crippen LogP contribution in [0, 0.1) is 0 Å². The number of carbonyl (C=O) groups excluding carboxylic acids is 1. The van der Waals surface area contributed by atoms with Gasteiger partial charge < -0.3 is 15.2 Å². The first-order chi connectivity index (χ1) is 9.90. The minimum atomic E-state index is -0.785. The Bertz CT molecular complexity index is 497. The molecule has 0 spiro atoms. The number of nitrogens with one attached hydrogen (secondary N) is 1. The summed E-state index contributed by atoms with van der Waals surface area (Å²) >= 11 is 0. The van der Waals surface area contributed by atoms with Crippen molar-refractivity contribution in [2.75, 3.05) is 25.5 Å². The molecule has 1 atom stereocenters. The van der Waals surface area contributed by atoms with E-state index in [0.29, 0.717) is 12.3 Å². The van der Waals surface area contributed by atoms with Crippen LogP contribution in [0.5, 0.6) is 5.75 Å². The molecule has 5 heteroatoms. The highest BCUT2D eigenvalue weighted by molar-refractivity contribution is 5.92. The number of carbonyl (C=O) groups is 1. The molecule has 0 radical (unpaired) electrons. The van der Waals surface area contributed by atoms with Crippen LogP contribution in [-0.4, -0.2) is 47.8 Å². The summed E-state index contributed by atoms with van der Waals surface area (Å²) in [6.45, 7) is 4.75. The molecule has 2 rings (SSSR count). The second kappa shape index (κ2) is 6.45. The topological polar surface area (TPSA) is 61.8 Å². The number of amides is 1. The number of ether oxygens (including phenoxy) is 1. The van der Waals surface area contributed by atoms with Crippen molar-refractivity contribution in [2.24, 2.45) is 0 Å². The van der Waals surface area contributed by atoms with Gasteiger partial charge in [0.1, 0.15) is 5.75 Å². The Balaban J connectivity index is 1.95. The molecule has 0 aliphatic carbocycles. The van der Waals surface area contributed by atoms with Crippen LogP contribution in [0.15, 0.2) is 24.3 Å². The van der Waals surface area contributed by atoms with Gasteiger partial charge in [-0.3, -0.25) is 9.69 Å². The zero-order valence-corrected chi connectivity index (χ0v) is 12.9. The van der Waals surface area contributed by atoms with E-state index in [4.69, 9.17) is 4.74 Å². The molecule has 1 aliphatic heterocycles. The van der Waals surface area contributed by atoms with Crippen molar-refractivity contribution in [3.8, 4) is 5.75 Å². The lowest BCUT2D eigenvalue weighted by Crippen LogP contribution is -2.48. The van der Waals surface area contributed by atoms with E-state index >= 15 is 0 Å². The lowest BCUT2D eigenvalue weighted by Gasteiger charge is -2.33. The number of hydrogen-bond acceptors (Lipinski definition) is 4. The third-order valence-corrected chi connectivity index (χ3v) is 3.88. The van der Waals surface area contributed by atoms with Gasteiger partial charge in [0.2, 0.25) is 5.91 Å². The second-order valence-electron chi connectivity index (χ2n) is 6.06. The molecule has 0 aromatic heterocycles. The van der Waals surface area contributed by atoms with Crippen LogP contribution in [0.25, 0.3) is 0 Å². The number of rotatable bonds is 5. The molecule has 1 unspecified atom stereocenters. The smallest absolute Gasteiger partial charge is 0.238 e. The first-order valence-electron chi connectivity index (χ1n) is 7.30. The average molecular weight is 292 g/mol. The molecule has 5 nitrogen and oxygen atoms in total. The average Bonchev–Trinajstić information content (AvgIpc) is 2.86. The Kier molecular flexibility index (Phi) is 4.85. The standard InChI is InChI=1S/C16H24N2O3/c1-16(2,20)14-8-5-9-18(14)11-15(19)17-12-6-4-7-13(10-12)21-3/h4,6-7,10,14,20H,5,8-9,11H2,1-3H3,(H,17,19). The summed E-state index contributed by atoms with van der Waals surface area (Å²) in [4.78, 5) is 14.2. The van der Waals surface area contributed by atoms with Crippen LogP contribution in [-0.2, 0) is 4.79 Å². The van der Waals surface area contributed by atoms with Crippen molar-refractivity contribution in [2.45, 2.75) is 38.3 Å². The maximum atomic E-state index is 12.2. The fraction of sp³-hybridized carbons (Fsp3) is 0.562. The first kappa shape index (κ1) is 15.8. The number of anilines is 1. The van der Waals surface area contributed by atoms with Gasteiger partial charge in [0.25, 0.3) is 0 Å². The van der Waals surface area contributed by atoms with E-state index in [1.165, 1.54) is 0 Å². The van der Waals surface area contributed by atoms with Gasteiger partial charge in [-0.1, -0.05) is 6.07 Å². The van der Waals surface area contributed by atoms with E-state index < -0.39 is 5.60 Å². The molecule has 0 bridgehead atoms. The van der Waals surface area contributed by atoms with E-state index in [-0.39, 0.29) is 11.9 Å². The highest BCUT2D eigenvalue weighted by atomic mass is 16.5. The molecule has 1 saturated heterocycles. The lowest BCUT2D eigenvalue weighted by molar-refractivity contribution is -0.118. The van der Waals surface area contributed by atoms with Gasteiger partial charge in [0.05, 0.1) is 19.3 Å². The Hall–Kier alpha value is -1.59. The van der Waals surface area contributed by atoms with Gasteiger partial charge in [-0.2, -0.15) is 0 Å². The minimum Gasteiger partial charge on any atom is -0.497 e. The lowest BCUT2D eigenvalue weighted by atomic mass is 9.97. The SMILES string of the molecule is COc1cccc(NC(=O)CN2CCCC2C(C)(C)O)c1. The molecule has 1 amide bonds. The van der Waals surface area contributed by atoms with Crippen LogP contribution in [0.2, 0.25) is 0 Å². The molecule has 1 fully saturated rings. The van der Waals surface area contributed by atoms with Crippen LogP contribution >= 0.6 is 0 Å². The van der Waals surface area contributed by atoms with Crippen molar-refractivity contribution in [3.05, 3.63) is 24.3 Å². The molecule has 1 heterocycles. The fourth-order valence-electron chi connectivity index (χ4n) is 2.90. The quantitative estimate of drug-likeness (QED) is 0.869. The number of nitrogens with zero attached hydrogens (tertiary/aromatic N) is 1. The Morgan fingerprint density at radius 3 is 2.95 bits per heavy atom. The van der Waals surface area contributed by atoms with E-state index in [1.807, 2.05) is 18.2 Å². The monoisotopic (exact) mass is 292 g/mol. The van der Waals surface area contributed by atoms with E-state index in [2.05, 4.69) is 10.2 Å². The number of aliphatic hydroxyl groups is 1. The van der Waals surface area contributed by atoms with Gasteiger partial charge in [-0.05, 0) is 45.4 Å². The van der Waals surface area contributed by atoms with Gasteiger partial charge >= 0.3 is 0 Å². The predicted octanol–water partition coefficient (Wildman–Crippen LogP) is 1.87. The molecule has 1 aromatic rings. The number of likely N-dealkylation sites (tertiary alicyclic amines) is 1. The van der Waals surface area contributed by atoms with Gasteiger partial charge in [-0.15, -0.1) is 0 Å². The first-order valence-corrected chi connectivity index (χ1v) is 7.30. The van der Waals surface area contributed by atoms with E-state index in [1.54, 1.807) is 27.0 Å². The van der Waals surface area contributed by atoms with E-state index in [0.717, 1.165) is 25.1 Å². The van der Waals surface area contributed by atoms with Gasteiger partial charge in [-0.25, -0.2) is 0 Å². The molecular formula is C16H24N2O3. The van der Waals surface area contributed by atoms with Crippen LogP contribution in [0.1, 0.15) is 26.7 Å². The molecular weight excluding hydrogens is 268 g/mol. The number of benzene rings is 1. The Labute approximate surface area is 125 Å². The van der Waals surface area contributed by atoms with Crippen molar-refractivity contribution < 1.29 is 14.6 Å². The summed E-state index contributed by atoms with van der Waals surface area (Å²) in [6.07, 6.45) is 1.94. The van der Waals surface area contributed by atoms with Crippen LogP contribution in [0.3, 0.4) is 0 Å². The van der Waals surface area contributed by atoms with E-state index in [9.17, 15) is 9.90 Å². The fourth-order valence-corrected chi connectivity index (χ4v) is 2.90. The third-order valence-electron chi connectivity index (χ3n) is 3.88. The highest BCUT2D eigenvalue weighted by Gasteiger charge is 2.36. The molecule has 1 aromatic carbocycles. The zero-order valence-electron chi connectivity index (χ0n) is 12.9. The van der Waals surface area contributed by atoms with Crippen molar-refractivity contribution in [1.82, 2.24) is 4.90 Å². The summed E-state index contributed by atoms with van der Waals surface area (Å²) < 4.78 is 5.14. The minimum absolute atomic E-state index is 0.0357. The predicted molar refractivity (Wildman–Crippen MR) is 82.5 cm³/mol. The molecule has 21 heavy (non-hydrogen) atoms. The summed E-state index contributed by atoms with van der Waals surface area (Å²) in [5.74, 6) is 0.641. The summed E-state index contributed by atoms with van der Waals surface area (Å²) in [6, 6.07) is 7.32. The van der Waals surface area contributed by atoms with Gasteiger partial charge in [0, 0.05) is 17.8 Å². The zero-order chi connectivity index (χ0) is 15.5. The van der Waals surface area contributed by atoms with Crippen molar-refractivity contribution >= 4 is 11.6 Å². The van der Waals surface area contributed by atoms with Crippen LogP contribution < -0.4 is 10.1 Å².